The second kappa shape index (κ2) is 7.06. The predicted octanol–water partition coefficient (Wildman–Crippen LogP) is 2.32. The molecule has 1 aromatic carbocycles. The number of nitrogens with zero attached hydrogens (tertiary/aromatic N) is 1. The van der Waals surface area contributed by atoms with Gasteiger partial charge in [0.2, 0.25) is 15.9 Å². The lowest BCUT2D eigenvalue weighted by atomic mass is 10.2. The molecule has 0 spiro atoms. The molecule has 8 heteroatoms. The van der Waals surface area contributed by atoms with E-state index in [4.69, 9.17) is 16.0 Å². The number of anilines is 1. The molecule has 124 valence electrons. The fourth-order valence-corrected chi connectivity index (χ4v) is 3.21. The van der Waals surface area contributed by atoms with Gasteiger partial charge in [-0.05, 0) is 42.8 Å². The summed E-state index contributed by atoms with van der Waals surface area (Å²) in [5.41, 5.74) is 1.09. The molecule has 1 aromatic heterocycles. The van der Waals surface area contributed by atoms with Crippen LogP contribution in [0, 0.1) is 6.92 Å². The van der Waals surface area contributed by atoms with E-state index in [0.29, 0.717) is 22.0 Å². The van der Waals surface area contributed by atoms with Gasteiger partial charge in [-0.15, -0.1) is 0 Å². The molecule has 2 rings (SSSR count). The van der Waals surface area contributed by atoms with Gasteiger partial charge in [0.15, 0.2) is 0 Å². The number of halogens is 1. The van der Waals surface area contributed by atoms with Gasteiger partial charge in [0.05, 0.1) is 24.8 Å². The van der Waals surface area contributed by atoms with E-state index in [9.17, 15) is 13.2 Å². The van der Waals surface area contributed by atoms with Crippen LogP contribution in [0.25, 0.3) is 0 Å². The van der Waals surface area contributed by atoms with E-state index in [1.165, 1.54) is 6.26 Å². The van der Waals surface area contributed by atoms with Crippen molar-refractivity contribution in [2.75, 3.05) is 17.1 Å². The second-order valence-electron chi connectivity index (χ2n) is 5.06. The summed E-state index contributed by atoms with van der Waals surface area (Å²) < 4.78 is 30.2. The van der Waals surface area contributed by atoms with Crippen LogP contribution in [-0.2, 0) is 21.4 Å². The molecular formula is C15H17ClN2O4S. The zero-order valence-corrected chi connectivity index (χ0v) is 14.3. The smallest absolute Gasteiger partial charge is 0.241 e. The molecule has 0 saturated heterocycles. The van der Waals surface area contributed by atoms with Crippen molar-refractivity contribution in [1.82, 2.24) is 5.32 Å². The molecule has 0 atom stereocenters. The molecule has 0 saturated carbocycles. The second-order valence-corrected chi connectivity index (χ2v) is 7.40. The van der Waals surface area contributed by atoms with E-state index in [1.54, 1.807) is 37.3 Å². The Morgan fingerprint density at radius 1 is 1.35 bits per heavy atom. The van der Waals surface area contributed by atoms with E-state index in [2.05, 4.69) is 5.32 Å². The van der Waals surface area contributed by atoms with Crippen LogP contribution in [0.5, 0.6) is 0 Å². The lowest BCUT2D eigenvalue weighted by molar-refractivity contribution is -0.119. The lowest BCUT2D eigenvalue weighted by Crippen LogP contribution is -2.40. The number of hydrogen-bond donors (Lipinski definition) is 1. The predicted molar refractivity (Wildman–Crippen MR) is 88.9 cm³/mol. The average Bonchev–Trinajstić information content (AvgIpc) is 2.95. The fraction of sp³-hybridized carbons (Fsp3) is 0.267. The van der Waals surface area contributed by atoms with Gasteiger partial charge in [0, 0.05) is 5.02 Å². The highest BCUT2D eigenvalue weighted by atomic mass is 35.5. The Balaban J connectivity index is 2.14. The van der Waals surface area contributed by atoms with Crippen LogP contribution in [0.3, 0.4) is 0 Å². The summed E-state index contributed by atoms with van der Waals surface area (Å²) in [5.74, 6) is 0.160. The Labute approximate surface area is 140 Å². The first-order valence-corrected chi connectivity index (χ1v) is 9.03. The van der Waals surface area contributed by atoms with Crippen molar-refractivity contribution in [3.63, 3.8) is 0 Å². The van der Waals surface area contributed by atoms with E-state index in [1.807, 2.05) is 0 Å². The van der Waals surface area contributed by atoms with Crippen molar-refractivity contribution in [3.05, 3.63) is 52.9 Å². The maximum Gasteiger partial charge on any atom is 0.241 e. The minimum atomic E-state index is -3.61. The normalized spacial score (nSPS) is 11.3. The Morgan fingerprint density at radius 2 is 2.09 bits per heavy atom. The van der Waals surface area contributed by atoms with Crippen LogP contribution in [-0.4, -0.2) is 27.1 Å². The Morgan fingerprint density at radius 3 is 2.65 bits per heavy atom. The van der Waals surface area contributed by atoms with Gasteiger partial charge in [-0.25, -0.2) is 8.42 Å². The van der Waals surface area contributed by atoms with Crippen LogP contribution in [0.1, 0.15) is 11.3 Å². The van der Waals surface area contributed by atoms with Crippen molar-refractivity contribution in [2.24, 2.45) is 0 Å². The highest BCUT2D eigenvalue weighted by Crippen LogP contribution is 2.25. The Kier molecular flexibility index (Phi) is 5.33. The van der Waals surface area contributed by atoms with E-state index in [0.717, 1.165) is 10.6 Å². The molecule has 0 aliphatic heterocycles. The van der Waals surface area contributed by atoms with Gasteiger partial charge < -0.3 is 9.73 Å². The summed E-state index contributed by atoms with van der Waals surface area (Å²) in [4.78, 5) is 12.1. The number of rotatable bonds is 6. The number of aryl methyl sites for hydroxylation is 1. The van der Waals surface area contributed by atoms with Crippen LogP contribution in [0.2, 0.25) is 5.02 Å². The molecule has 0 aliphatic rings. The molecule has 1 amide bonds. The molecule has 0 aliphatic carbocycles. The van der Waals surface area contributed by atoms with Crippen LogP contribution >= 0.6 is 11.6 Å². The fourth-order valence-electron chi connectivity index (χ4n) is 2.06. The largest absolute Gasteiger partial charge is 0.467 e. The molecule has 0 unspecified atom stereocenters. The summed E-state index contributed by atoms with van der Waals surface area (Å²) in [6, 6.07) is 8.25. The maximum atomic E-state index is 12.1. The number of benzene rings is 1. The number of carbonyl (C=O) groups excluding carboxylic acids is 1. The Hall–Kier alpha value is -1.99. The molecule has 0 radical (unpaired) electrons. The molecule has 6 nitrogen and oxygen atoms in total. The van der Waals surface area contributed by atoms with E-state index >= 15 is 0 Å². The van der Waals surface area contributed by atoms with Gasteiger partial charge in [-0.3, -0.25) is 9.10 Å². The van der Waals surface area contributed by atoms with Gasteiger partial charge >= 0.3 is 0 Å². The molecular weight excluding hydrogens is 340 g/mol. The highest BCUT2D eigenvalue weighted by Gasteiger charge is 2.22. The summed E-state index contributed by atoms with van der Waals surface area (Å²) in [6.45, 7) is 1.62. The molecule has 2 aromatic rings. The topological polar surface area (TPSA) is 79.6 Å². The quantitative estimate of drug-likeness (QED) is 0.861. The highest BCUT2D eigenvalue weighted by molar-refractivity contribution is 7.92. The lowest BCUT2D eigenvalue weighted by Gasteiger charge is -2.23. The molecule has 1 heterocycles. The number of hydrogen-bond acceptors (Lipinski definition) is 4. The first-order chi connectivity index (χ1) is 10.8. The monoisotopic (exact) mass is 356 g/mol. The van der Waals surface area contributed by atoms with Crippen LogP contribution in [0.4, 0.5) is 5.69 Å². The van der Waals surface area contributed by atoms with Crippen LogP contribution in [0.15, 0.2) is 41.0 Å². The van der Waals surface area contributed by atoms with Gasteiger partial charge in [-0.1, -0.05) is 11.6 Å². The van der Waals surface area contributed by atoms with E-state index in [-0.39, 0.29) is 13.1 Å². The van der Waals surface area contributed by atoms with Crippen molar-refractivity contribution in [3.8, 4) is 0 Å². The van der Waals surface area contributed by atoms with E-state index < -0.39 is 15.9 Å². The third-order valence-electron chi connectivity index (χ3n) is 3.15. The summed E-state index contributed by atoms with van der Waals surface area (Å²) >= 11 is 5.89. The summed E-state index contributed by atoms with van der Waals surface area (Å²) in [6.07, 6.45) is 2.56. The number of nitrogens with one attached hydrogen (secondary N) is 1. The van der Waals surface area contributed by atoms with Crippen molar-refractivity contribution >= 4 is 33.2 Å². The van der Waals surface area contributed by atoms with Gasteiger partial charge in [-0.2, -0.15) is 0 Å². The SMILES string of the molecule is Cc1cc(Cl)ccc1N(CC(=O)NCc1ccco1)S(C)(=O)=O. The summed E-state index contributed by atoms with van der Waals surface area (Å²) in [7, 11) is -3.61. The van der Waals surface area contributed by atoms with Gasteiger partial charge in [0.25, 0.3) is 0 Å². The number of amides is 1. The molecule has 0 bridgehead atoms. The average molecular weight is 357 g/mol. The number of furan rings is 1. The number of carbonyl (C=O) groups is 1. The maximum absolute atomic E-state index is 12.1. The minimum Gasteiger partial charge on any atom is -0.467 e. The van der Waals surface area contributed by atoms with Crippen molar-refractivity contribution < 1.29 is 17.6 Å². The van der Waals surface area contributed by atoms with Crippen molar-refractivity contribution in [2.45, 2.75) is 13.5 Å². The standard InChI is InChI=1S/C15H17ClN2O4S/c1-11-8-12(16)5-6-14(11)18(23(2,20)21)10-15(19)17-9-13-4-3-7-22-13/h3-8H,9-10H2,1-2H3,(H,17,19). The minimum absolute atomic E-state index is 0.197. The molecule has 1 N–H and O–H groups in total. The number of sulfonamides is 1. The first kappa shape index (κ1) is 17.4. The summed E-state index contributed by atoms with van der Waals surface area (Å²) in [5, 5.41) is 3.13. The third-order valence-corrected chi connectivity index (χ3v) is 4.52. The van der Waals surface area contributed by atoms with Crippen LogP contribution < -0.4 is 9.62 Å². The zero-order chi connectivity index (χ0) is 17.0. The van der Waals surface area contributed by atoms with Gasteiger partial charge in [0.1, 0.15) is 12.3 Å². The molecule has 0 fully saturated rings. The third kappa shape index (κ3) is 4.74. The zero-order valence-electron chi connectivity index (χ0n) is 12.7. The van der Waals surface area contributed by atoms with Crippen molar-refractivity contribution in [1.29, 1.82) is 0 Å². The Bertz CT molecular complexity index is 788. The first-order valence-electron chi connectivity index (χ1n) is 6.80. The molecule has 23 heavy (non-hydrogen) atoms.